The number of hydrogen-bond acceptors (Lipinski definition) is 5. The number of amides is 1. The number of aryl methyl sites for hydroxylation is 1. The van der Waals surface area contributed by atoms with Gasteiger partial charge in [-0.15, -0.1) is 0 Å². The predicted molar refractivity (Wildman–Crippen MR) is 131 cm³/mol. The van der Waals surface area contributed by atoms with E-state index in [4.69, 9.17) is 27.9 Å². The van der Waals surface area contributed by atoms with Gasteiger partial charge in [0.25, 0.3) is 15.9 Å². The van der Waals surface area contributed by atoms with Crippen molar-refractivity contribution in [2.75, 3.05) is 18.0 Å². The predicted octanol–water partition coefficient (Wildman–Crippen LogP) is 4.66. The zero-order valence-electron chi connectivity index (χ0n) is 17.8. The molecule has 3 aromatic rings. The van der Waals surface area contributed by atoms with Gasteiger partial charge in [-0.1, -0.05) is 47.0 Å². The molecule has 0 unspecified atom stereocenters. The van der Waals surface area contributed by atoms with Crippen LogP contribution in [-0.2, 0) is 14.8 Å². The van der Waals surface area contributed by atoms with Crippen molar-refractivity contribution < 1.29 is 17.9 Å². The van der Waals surface area contributed by atoms with Crippen LogP contribution in [0.25, 0.3) is 0 Å². The number of anilines is 1. The number of nitrogens with zero attached hydrogens (tertiary/aromatic N) is 2. The van der Waals surface area contributed by atoms with Gasteiger partial charge in [0.2, 0.25) is 0 Å². The average Bonchev–Trinajstić information content (AvgIpc) is 2.80. The van der Waals surface area contributed by atoms with Crippen LogP contribution in [0.2, 0.25) is 10.0 Å². The monoisotopic (exact) mass is 505 g/mol. The molecule has 3 aromatic carbocycles. The van der Waals surface area contributed by atoms with Crippen molar-refractivity contribution in [1.29, 1.82) is 0 Å². The maximum absolute atomic E-state index is 13.4. The van der Waals surface area contributed by atoms with Gasteiger partial charge in [0.1, 0.15) is 12.3 Å². The number of sulfonamides is 1. The van der Waals surface area contributed by atoms with E-state index in [9.17, 15) is 13.2 Å². The third-order valence-electron chi connectivity index (χ3n) is 4.64. The van der Waals surface area contributed by atoms with Crippen LogP contribution in [0.15, 0.2) is 76.7 Å². The van der Waals surface area contributed by atoms with Gasteiger partial charge in [-0.25, -0.2) is 13.8 Å². The van der Waals surface area contributed by atoms with Gasteiger partial charge >= 0.3 is 0 Å². The van der Waals surface area contributed by atoms with E-state index in [2.05, 4.69) is 10.5 Å². The number of halogens is 2. The minimum atomic E-state index is -4.04. The van der Waals surface area contributed by atoms with Crippen LogP contribution in [0.3, 0.4) is 0 Å². The first-order valence-electron chi connectivity index (χ1n) is 9.72. The fourth-order valence-corrected chi connectivity index (χ4v) is 4.79. The molecule has 172 valence electrons. The Bertz CT molecular complexity index is 1240. The molecule has 0 bridgehead atoms. The Balaban J connectivity index is 1.86. The first-order chi connectivity index (χ1) is 15.7. The molecule has 0 radical (unpaired) electrons. The highest BCUT2D eigenvalue weighted by Crippen LogP contribution is 2.26. The topological polar surface area (TPSA) is 88.1 Å². The van der Waals surface area contributed by atoms with Crippen LogP contribution in [-0.4, -0.2) is 34.2 Å². The third-order valence-corrected chi connectivity index (χ3v) is 7.09. The molecule has 0 atom stereocenters. The van der Waals surface area contributed by atoms with Crippen molar-refractivity contribution in [3.63, 3.8) is 0 Å². The largest absolute Gasteiger partial charge is 0.497 e. The molecule has 0 saturated carbocycles. The lowest BCUT2D eigenvalue weighted by atomic mass is 10.2. The number of nitrogens with one attached hydrogen (secondary N) is 1. The smallest absolute Gasteiger partial charge is 0.264 e. The highest BCUT2D eigenvalue weighted by molar-refractivity contribution is 7.92. The number of carbonyl (C=O) groups excluding carboxylic acids is 1. The minimum Gasteiger partial charge on any atom is -0.497 e. The lowest BCUT2D eigenvalue weighted by molar-refractivity contribution is -0.119. The molecule has 0 aliphatic carbocycles. The van der Waals surface area contributed by atoms with Gasteiger partial charge in [-0.2, -0.15) is 5.10 Å². The van der Waals surface area contributed by atoms with E-state index in [-0.39, 0.29) is 4.90 Å². The summed E-state index contributed by atoms with van der Waals surface area (Å²) in [5.41, 5.74) is 3.96. The zero-order chi connectivity index (χ0) is 24.0. The van der Waals surface area contributed by atoms with Gasteiger partial charge in [0, 0.05) is 5.56 Å². The first kappa shape index (κ1) is 24.6. The molecular weight excluding hydrogens is 485 g/mol. The summed E-state index contributed by atoms with van der Waals surface area (Å²) in [4.78, 5) is 12.7. The molecule has 0 aromatic heterocycles. The van der Waals surface area contributed by atoms with E-state index in [1.54, 1.807) is 54.6 Å². The Kier molecular flexibility index (Phi) is 7.97. The summed E-state index contributed by atoms with van der Waals surface area (Å²) >= 11 is 12.2. The Morgan fingerprint density at radius 3 is 2.21 bits per heavy atom. The number of ether oxygens (including phenoxy) is 1. The second kappa shape index (κ2) is 10.7. The molecule has 0 spiro atoms. The standard InChI is InChI=1S/C23H21Cl2N3O4S/c1-16-6-12-19(13-7-16)33(30,31)28(17-8-10-18(32-2)11-9-17)15-23(29)27-26-14-20-21(24)4-3-5-22(20)25/h3-14H,15H2,1-2H3,(H,27,29)/b26-14-. The molecular formula is C23H21Cl2N3O4S. The number of hydrazone groups is 1. The number of carbonyl (C=O) groups is 1. The normalized spacial score (nSPS) is 11.4. The summed E-state index contributed by atoms with van der Waals surface area (Å²) in [6, 6.07) is 17.7. The van der Waals surface area contributed by atoms with Gasteiger partial charge < -0.3 is 4.74 Å². The van der Waals surface area contributed by atoms with Gasteiger partial charge in [-0.3, -0.25) is 9.10 Å². The van der Waals surface area contributed by atoms with Crippen LogP contribution in [0, 0.1) is 6.92 Å². The number of benzene rings is 3. The van der Waals surface area contributed by atoms with E-state index in [0.29, 0.717) is 27.0 Å². The molecule has 0 heterocycles. The van der Waals surface area contributed by atoms with Crippen LogP contribution in [0.1, 0.15) is 11.1 Å². The van der Waals surface area contributed by atoms with E-state index in [1.807, 2.05) is 6.92 Å². The highest BCUT2D eigenvalue weighted by Gasteiger charge is 2.27. The summed E-state index contributed by atoms with van der Waals surface area (Å²) in [6.07, 6.45) is 1.30. The molecule has 0 aliphatic rings. The van der Waals surface area contributed by atoms with Crippen molar-refractivity contribution in [2.45, 2.75) is 11.8 Å². The van der Waals surface area contributed by atoms with Gasteiger partial charge in [-0.05, 0) is 55.5 Å². The van der Waals surface area contributed by atoms with Crippen molar-refractivity contribution in [1.82, 2.24) is 5.43 Å². The van der Waals surface area contributed by atoms with Crippen LogP contribution in [0.5, 0.6) is 5.75 Å². The number of hydrogen-bond donors (Lipinski definition) is 1. The molecule has 33 heavy (non-hydrogen) atoms. The van der Waals surface area contributed by atoms with Crippen molar-refractivity contribution in [3.05, 3.63) is 87.9 Å². The van der Waals surface area contributed by atoms with Gasteiger partial charge in [0.15, 0.2) is 0 Å². The van der Waals surface area contributed by atoms with Crippen molar-refractivity contribution in [3.8, 4) is 5.75 Å². The molecule has 1 N–H and O–H groups in total. The third kappa shape index (κ3) is 6.04. The molecule has 1 amide bonds. The molecule has 0 aliphatic heterocycles. The minimum absolute atomic E-state index is 0.0584. The highest BCUT2D eigenvalue weighted by atomic mass is 35.5. The Labute approximate surface area is 202 Å². The summed E-state index contributed by atoms with van der Waals surface area (Å²) in [5, 5.41) is 4.60. The number of methoxy groups -OCH3 is 1. The molecule has 10 heteroatoms. The van der Waals surface area contributed by atoms with Crippen LogP contribution < -0.4 is 14.5 Å². The van der Waals surface area contributed by atoms with E-state index < -0.39 is 22.5 Å². The van der Waals surface area contributed by atoms with Crippen molar-refractivity contribution in [2.24, 2.45) is 5.10 Å². The lowest BCUT2D eigenvalue weighted by Crippen LogP contribution is -2.39. The first-order valence-corrected chi connectivity index (χ1v) is 11.9. The van der Waals surface area contributed by atoms with Crippen molar-refractivity contribution >= 4 is 51.0 Å². The maximum Gasteiger partial charge on any atom is 0.264 e. The van der Waals surface area contributed by atoms with E-state index in [1.165, 1.54) is 25.5 Å². The Morgan fingerprint density at radius 1 is 1.03 bits per heavy atom. The quantitative estimate of drug-likeness (QED) is 0.356. The zero-order valence-corrected chi connectivity index (χ0v) is 20.2. The molecule has 3 rings (SSSR count). The summed E-state index contributed by atoms with van der Waals surface area (Å²) in [6.45, 7) is 1.35. The second-order valence-corrected chi connectivity index (χ2v) is 9.63. The maximum atomic E-state index is 13.4. The SMILES string of the molecule is COc1ccc(N(CC(=O)N/N=C\c2c(Cl)cccc2Cl)S(=O)(=O)c2ccc(C)cc2)cc1. The second-order valence-electron chi connectivity index (χ2n) is 6.95. The van der Waals surface area contributed by atoms with Crippen LogP contribution in [0.4, 0.5) is 5.69 Å². The van der Waals surface area contributed by atoms with Gasteiger partial charge in [0.05, 0.1) is 34.0 Å². The molecule has 7 nitrogen and oxygen atoms in total. The van der Waals surface area contributed by atoms with E-state index >= 15 is 0 Å². The lowest BCUT2D eigenvalue weighted by Gasteiger charge is -2.24. The summed E-state index contributed by atoms with van der Waals surface area (Å²) < 4.78 is 32.9. The number of rotatable bonds is 8. The average molecular weight is 506 g/mol. The summed E-state index contributed by atoms with van der Waals surface area (Å²) in [5.74, 6) is -0.0990. The fraction of sp³-hybridized carbons (Fsp3) is 0.130. The fourth-order valence-electron chi connectivity index (χ4n) is 2.87. The summed E-state index contributed by atoms with van der Waals surface area (Å²) in [7, 11) is -2.53. The molecule has 0 saturated heterocycles. The Hall–Kier alpha value is -3.07. The Morgan fingerprint density at radius 2 is 1.64 bits per heavy atom. The molecule has 0 fully saturated rings. The van der Waals surface area contributed by atoms with E-state index in [0.717, 1.165) is 9.87 Å². The van der Waals surface area contributed by atoms with Crippen LogP contribution >= 0.6 is 23.2 Å².